The SMILES string of the molecule is COC(=O)[C@H](Cc1ccccc1)NC(=O)c1ccc(/C=C/c2ccc(CCNC(=O)OC(C)(C)C)cc2)cc1O. The van der Waals surface area contributed by atoms with E-state index in [9.17, 15) is 19.5 Å². The Bertz CT molecular complexity index is 1330. The highest BCUT2D eigenvalue weighted by Crippen LogP contribution is 2.21. The zero-order chi connectivity index (χ0) is 29.1. The lowest BCUT2D eigenvalue weighted by molar-refractivity contribution is -0.142. The van der Waals surface area contributed by atoms with Crippen LogP contribution in [0.1, 0.15) is 53.4 Å². The standard InChI is InChI=1S/C32H36N2O6/c1-32(2,3)40-31(38)33-19-18-23-12-10-22(11-13-23)14-15-25-16-17-26(28(35)21-25)29(36)34-27(30(37)39-4)20-24-8-6-5-7-9-24/h5-17,21,27,35H,18-20H2,1-4H3,(H,33,38)(H,34,36)/b15-14+/t27-/m0/s1. The van der Waals surface area contributed by atoms with Crippen molar-refractivity contribution in [1.82, 2.24) is 10.6 Å². The van der Waals surface area contributed by atoms with Crippen LogP contribution in [0.4, 0.5) is 4.79 Å². The van der Waals surface area contributed by atoms with Crippen LogP contribution in [-0.2, 0) is 27.1 Å². The Labute approximate surface area is 235 Å². The second-order valence-corrected chi connectivity index (χ2v) is 10.3. The molecule has 0 aliphatic rings. The maximum atomic E-state index is 12.9. The van der Waals surface area contributed by atoms with Gasteiger partial charge in [-0.3, -0.25) is 4.79 Å². The summed E-state index contributed by atoms with van der Waals surface area (Å²) in [6, 6.07) is 21.0. The molecule has 210 valence electrons. The Morgan fingerprint density at radius 1 is 0.900 bits per heavy atom. The smallest absolute Gasteiger partial charge is 0.407 e. The lowest BCUT2D eigenvalue weighted by Gasteiger charge is -2.19. The normalized spacial score (nSPS) is 12.0. The molecule has 1 atom stereocenters. The number of esters is 1. The highest BCUT2D eigenvalue weighted by molar-refractivity contribution is 5.99. The van der Waals surface area contributed by atoms with Gasteiger partial charge in [0, 0.05) is 13.0 Å². The van der Waals surface area contributed by atoms with Gasteiger partial charge in [-0.1, -0.05) is 72.8 Å². The first-order valence-corrected chi connectivity index (χ1v) is 13.0. The van der Waals surface area contributed by atoms with E-state index in [0.717, 1.165) is 16.7 Å². The van der Waals surface area contributed by atoms with Crippen LogP contribution in [0.2, 0.25) is 0 Å². The second kappa shape index (κ2) is 14.0. The van der Waals surface area contributed by atoms with E-state index >= 15 is 0 Å². The number of alkyl carbamates (subject to hydrolysis) is 1. The molecule has 2 amide bonds. The third-order valence-electron chi connectivity index (χ3n) is 5.87. The van der Waals surface area contributed by atoms with Gasteiger partial charge in [-0.2, -0.15) is 0 Å². The molecule has 0 saturated heterocycles. The average molecular weight is 545 g/mol. The summed E-state index contributed by atoms with van der Waals surface area (Å²) < 4.78 is 10.1. The van der Waals surface area contributed by atoms with Gasteiger partial charge >= 0.3 is 12.1 Å². The summed E-state index contributed by atoms with van der Waals surface area (Å²) in [7, 11) is 1.27. The van der Waals surface area contributed by atoms with Crippen molar-refractivity contribution in [3.8, 4) is 5.75 Å². The predicted octanol–water partition coefficient (Wildman–Crippen LogP) is 5.14. The van der Waals surface area contributed by atoms with Gasteiger partial charge in [0.05, 0.1) is 12.7 Å². The topological polar surface area (TPSA) is 114 Å². The van der Waals surface area contributed by atoms with Crippen LogP contribution >= 0.6 is 0 Å². The maximum Gasteiger partial charge on any atom is 0.407 e. The maximum absolute atomic E-state index is 12.9. The number of ether oxygens (including phenoxy) is 2. The lowest BCUT2D eigenvalue weighted by Crippen LogP contribution is -2.43. The summed E-state index contributed by atoms with van der Waals surface area (Å²) in [5.74, 6) is -1.34. The summed E-state index contributed by atoms with van der Waals surface area (Å²) in [5.41, 5.74) is 3.12. The molecule has 0 aliphatic carbocycles. The van der Waals surface area contributed by atoms with Crippen LogP contribution in [-0.4, -0.2) is 48.4 Å². The number of hydrogen-bond acceptors (Lipinski definition) is 6. The average Bonchev–Trinajstić information content (AvgIpc) is 2.91. The summed E-state index contributed by atoms with van der Waals surface area (Å²) in [5, 5.41) is 15.9. The van der Waals surface area contributed by atoms with Crippen LogP contribution in [0, 0.1) is 0 Å². The molecule has 0 aliphatic heterocycles. The molecule has 0 aromatic heterocycles. The summed E-state index contributed by atoms with van der Waals surface area (Å²) >= 11 is 0. The third-order valence-corrected chi connectivity index (χ3v) is 5.87. The van der Waals surface area contributed by atoms with Crippen LogP contribution < -0.4 is 10.6 Å². The number of amides is 2. The number of rotatable bonds is 10. The lowest BCUT2D eigenvalue weighted by atomic mass is 10.0. The number of phenolic OH excluding ortho intramolecular Hbond substituents is 1. The van der Waals surface area contributed by atoms with Crippen molar-refractivity contribution in [2.24, 2.45) is 0 Å². The molecule has 0 heterocycles. The first-order valence-electron chi connectivity index (χ1n) is 13.0. The van der Waals surface area contributed by atoms with Crippen molar-refractivity contribution in [3.05, 3.63) is 101 Å². The van der Waals surface area contributed by atoms with E-state index in [1.165, 1.54) is 19.2 Å². The molecule has 8 nitrogen and oxygen atoms in total. The molecular formula is C32H36N2O6. The number of carbonyl (C=O) groups is 3. The Hall–Kier alpha value is -4.59. The van der Waals surface area contributed by atoms with Gasteiger partial charge in [-0.15, -0.1) is 0 Å². The van der Waals surface area contributed by atoms with Gasteiger partial charge < -0.3 is 25.2 Å². The van der Waals surface area contributed by atoms with Crippen LogP contribution in [0.5, 0.6) is 5.75 Å². The minimum Gasteiger partial charge on any atom is -0.507 e. The Morgan fingerprint density at radius 3 is 2.17 bits per heavy atom. The summed E-state index contributed by atoms with van der Waals surface area (Å²) in [6.45, 7) is 5.93. The van der Waals surface area contributed by atoms with Crippen LogP contribution in [0.15, 0.2) is 72.8 Å². The molecule has 3 N–H and O–H groups in total. The number of hydrogen-bond donors (Lipinski definition) is 3. The zero-order valence-electron chi connectivity index (χ0n) is 23.3. The molecule has 0 bridgehead atoms. The monoisotopic (exact) mass is 544 g/mol. The Morgan fingerprint density at radius 2 is 1.55 bits per heavy atom. The van der Waals surface area contributed by atoms with E-state index in [2.05, 4.69) is 10.6 Å². The number of benzene rings is 3. The summed E-state index contributed by atoms with van der Waals surface area (Å²) in [6.07, 6.45) is 4.22. The second-order valence-electron chi connectivity index (χ2n) is 10.3. The quantitative estimate of drug-likeness (QED) is 0.241. The molecule has 3 aromatic carbocycles. The van der Waals surface area contributed by atoms with E-state index < -0.39 is 29.6 Å². The van der Waals surface area contributed by atoms with Gasteiger partial charge in [-0.05, 0) is 61.6 Å². The molecule has 0 radical (unpaired) electrons. The minimum absolute atomic E-state index is 0.0588. The van der Waals surface area contributed by atoms with Crippen molar-refractivity contribution >= 4 is 30.1 Å². The minimum atomic E-state index is -0.894. The largest absolute Gasteiger partial charge is 0.507 e. The fraction of sp³-hybridized carbons (Fsp3) is 0.281. The molecule has 8 heteroatoms. The van der Waals surface area contributed by atoms with Crippen molar-refractivity contribution in [2.45, 2.75) is 45.3 Å². The van der Waals surface area contributed by atoms with Crippen molar-refractivity contribution in [2.75, 3.05) is 13.7 Å². The molecule has 0 spiro atoms. The van der Waals surface area contributed by atoms with Gasteiger partial charge in [0.15, 0.2) is 0 Å². The third kappa shape index (κ3) is 9.62. The zero-order valence-corrected chi connectivity index (χ0v) is 23.3. The first kappa shape index (κ1) is 30.0. The molecule has 40 heavy (non-hydrogen) atoms. The summed E-state index contributed by atoms with van der Waals surface area (Å²) in [4.78, 5) is 36.9. The number of aromatic hydroxyl groups is 1. The first-order chi connectivity index (χ1) is 19.0. The van der Waals surface area contributed by atoms with Crippen LogP contribution in [0.25, 0.3) is 12.2 Å². The van der Waals surface area contributed by atoms with E-state index in [1.54, 1.807) is 6.07 Å². The van der Waals surface area contributed by atoms with Crippen LogP contribution in [0.3, 0.4) is 0 Å². The highest BCUT2D eigenvalue weighted by Gasteiger charge is 2.24. The fourth-order valence-corrected chi connectivity index (χ4v) is 3.88. The highest BCUT2D eigenvalue weighted by atomic mass is 16.6. The van der Waals surface area contributed by atoms with Gasteiger partial charge in [0.1, 0.15) is 17.4 Å². The van der Waals surface area contributed by atoms with E-state index in [4.69, 9.17) is 9.47 Å². The molecule has 0 fully saturated rings. The number of nitrogens with one attached hydrogen (secondary N) is 2. The molecule has 0 saturated carbocycles. The molecule has 0 unspecified atom stereocenters. The Balaban J connectivity index is 1.57. The molecular weight excluding hydrogens is 508 g/mol. The van der Waals surface area contributed by atoms with Gasteiger partial charge in [-0.25, -0.2) is 9.59 Å². The van der Waals surface area contributed by atoms with Crippen molar-refractivity contribution in [3.63, 3.8) is 0 Å². The number of carbonyl (C=O) groups excluding carboxylic acids is 3. The molecule has 3 aromatic rings. The van der Waals surface area contributed by atoms with E-state index in [-0.39, 0.29) is 17.7 Å². The van der Waals surface area contributed by atoms with Gasteiger partial charge in [0.2, 0.25) is 0 Å². The van der Waals surface area contributed by atoms with Crippen molar-refractivity contribution < 1.29 is 29.0 Å². The van der Waals surface area contributed by atoms with Gasteiger partial charge in [0.25, 0.3) is 5.91 Å². The Kier molecular flexibility index (Phi) is 10.5. The number of methoxy groups -OCH3 is 1. The number of phenols is 1. The van der Waals surface area contributed by atoms with E-state index in [0.29, 0.717) is 18.5 Å². The van der Waals surface area contributed by atoms with E-state index in [1.807, 2.05) is 87.5 Å². The van der Waals surface area contributed by atoms with Crippen molar-refractivity contribution in [1.29, 1.82) is 0 Å². The molecule has 3 rings (SSSR count). The fourth-order valence-electron chi connectivity index (χ4n) is 3.88. The predicted molar refractivity (Wildman–Crippen MR) is 155 cm³/mol.